The Labute approximate surface area is 163 Å². The van der Waals surface area contributed by atoms with Crippen LogP contribution in [0, 0.1) is 14.9 Å². The number of nitrogens with one attached hydrogen (secondary N) is 2. The first-order valence-electron chi connectivity index (χ1n) is 8.20. The number of H-pyrrole nitrogens is 2. The zero-order chi connectivity index (χ0) is 19.5. The van der Waals surface area contributed by atoms with Gasteiger partial charge in [-0.05, 0) is 24.4 Å². The second-order valence-electron chi connectivity index (χ2n) is 5.76. The van der Waals surface area contributed by atoms with Gasteiger partial charge in [-0.25, -0.2) is 5.10 Å². The van der Waals surface area contributed by atoms with Gasteiger partial charge in [0.2, 0.25) is 10.6 Å². The molecule has 2 aromatic carbocycles. The van der Waals surface area contributed by atoms with Crippen LogP contribution in [0.15, 0.2) is 65.8 Å². The number of benzene rings is 2. The predicted octanol–water partition coefficient (Wildman–Crippen LogP) is 3.79. The third-order valence-electron chi connectivity index (χ3n) is 3.98. The largest absolute Gasteiger partial charge is 0.278 e. The van der Waals surface area contributed by atoms with Gasteiger partial charge >= 0.3 is 0 Å². The Morgan fingerprint density at radius 1 is 1.07 bits per heavy atom. The van der Waals surface area contributed by atoms with Crippen molar-refractivity contribution in [3.8, 4) is 22.8 Å². The molecule has 0 spiro atoms. The Balaban J connectivity index is 1.71. The van der Waals surface area contributed by atoms with Gasteiger partial charge in [-0.1, -0.05) is 42.5 Å². The van der Waals surface area contributed by atoms with E-state index in [1.54, 1.807) is 18.2 Å². The van der Waals surface area contributed by atoms with Gasteiger partial charge in [-0.2, -0.15) is 20.0 Å². The standard InChI is InChI=1S/C18H13N7O2S/c26-25(27)16-9-5-4-8-13(16)11-19-24-17(22-23-18(24)28)15-10-14(20-21-15)12-6-2-1-3-7-12/h1-11H,(H,20,21)(H,23,28)/b19-11-. The van der Waals surface area contributed by atoms with Gasteiger partial charge in [0.15, 0.2) is 0 Å². The number of nitro benzene ring substituents is 1. The van der Waals surface area contributed by atoms with Gasteiger partial charge in [0.1, 0.15) is 5.69 Å². The Morgan fingerprint density at radius 2 is 1.82 bits per heavy atom. The van der Waals surface area contributed by atoms with E-state index in [-0.39, 0.29) is 10.5 Å². The Kier molecular flexibility index (Phi) is 4.60. The number of rotatable bonds is 5. The fourth-order valence-corrected chi connectivity index (χ4v) is 2.83. The van der Waals surface area contributed by atoms with Crippen molar-refractivity contribution < 1.29 is 4.92 Å². The lowest BCUT2D eigenvalue weighted by Gasteiger charge is -1.99. The third kappa shape index (κ3) is 3.35. The van der Waals surface area contributed by atoms with Crippen molar-refractivity contribution in [3.63, 3.8) is 0 Å². The molecule has 138 valence electrons. The van der Waals surface area contributed by atoms with Crippen LogP contribution in [0.25, 0.3) is 22.8 Å². The fraction of sp³-hybridized carbons (Fsp3) is 0. The molecule has 2 heterocycles. The van der Waals surface area contributed by atoms with Gasteiger partial charge in [0, 0.05) is 11.6 Å². The van der Waals surface area contributed by atoms with Crippen molar-refractivity contribution in [2.24, 2.45) is 5.10 Å². The van der Waals surface area contributed by atoms with Crippen LogP contribution < -0.4 is 0 Å². The zero-order valence-corrected chi connectivity index (χ0v) is 15.1. The Morgan fingerprint density at radius 3 is 2.61 bits per heavy atom. The Hall–Kier alpha value is -3.92. The summed E-state index contributed by atoms with van der Waals surface area (Å²) < 4.78 is 1.63. The molecular formula is C18H13N7O2S. The van der Waals surface area contributed by atoms with E-state index < -0.39 is 4.92 Å². The number of hydrogen-bond acceptors (Lipinski definition) is 6. The number of aromatic nitrogens is 5. The number of nitro groups is 1. The minimum absolute atomic E-state index is 0.0456. The molecule has 0 saturated carbocycles. The molecular weight excluding hydrogens is 378 g/mol. The summed E-state index contributed by atoms with van der Waals surface area (Å²) in [5, 5.41) is 29.5. The molecule has 0 fully saturated rings. The molecule has 4 rings (SSSR count). The monoisotopic (exact) mass is 391 g/mol. The number of hydrogen-bond donors (Lipinski definition) is 2. The molecule has 0 radical (unpaired) electrons. The fourth-order valence-electron chi connectivity index (χ4n) is 2.65. The van der Waals surface area contributed by atoms with Gasteiger partial charge < -0.3 is 0 Å². The summed E-state index contributed by atoms with van der Waals surface area (Å²) in [6.45, 7) is 0. The number of para-hydroxylation sites is 1. The first-order chi connectivity index (χ1) is 13.6. The average molecular weight is 391 g/mol. The van der Waals surface area contributed by atoms with Crippen LogP contribution in [0.4, 0.5) is 5.69 Å². The first-order valence-corrected chi connectivity index (χ1v) is 8.61. The minimum Gasteiger partial charge on any atom is -0.274 e. The molecule has 0 atom stereocenters. The van der Waals surface area contributed by atoms with E-state index in [4.69, 9.17) is 12.2 Å². The third-order valence-corrected chi connectivity index (χ3v) is 4.25. The summed E-state index contributed by atoms with van der Waals surface area (Å²) >= 11 is 5.24. The molecule has 9 nitrogen and oxygen atoms in total. The quantitative estimate of drug-likeness (QED) is 0.232. The van der Waals surface area contributed by atoms with Crippen LogP contribution in [0.5, 0.6) is 0 Å². The summed E-state index contributed by atoms with van der Waals surface area (Å²) in [5.74, 6) is 0.412. The van der Waals surface area contributed by atoms with E-state index >= 15 is 0 Å². The lowest BCUT2D eigenvalue weighted by Crippen LogP contribution is -1.98. The molecule has 0 aliphatic heterocycles. The highest BCUT2D eigenvalue weighted by Gasteiger charge is 2.14. The molecule has 4 aromatic rings. The SMILES string of the molecule is O=[N+]([O-])c1ccccc1/C=N\n1c(-c2cc(-c3ccccc3)n[nH]2)n[nH]c1=S. The Bertz CT molecular complexity index is 1220. The predicted molar refractivity (Wildman–Crippen MR) is 107 cm³/mol. The maximum atomic E-state index is 11.2. The summed E-state index contributed by atoms with van der Waals surface area (Å²) in [6, 6.07) is 17.8. The highest BCUT2D eigenvalue weighted by Crippen LogP contribution is 2.23. The molecule has 0 unspecified atom stereocenters. The highest BCUT2D eigenvalue weighted by atomic mass is 32.1. The van der Waals surface area contributed by atoms with E-state index in [1.165, 1.54) is 17.0 Å². The van der Waals surface area contributed by atoms with Gasteiger partial charge in [0.25, 0.3) is 5.69 Å². The van der Waals surface area contributed by atoms with Crippen LogP contribution in [-0.4, -0.2) is 36.2 Å². The van der Waals surface area contributed by atoms with Crippen molar-refractivity contribution in [2.75, 3.05) is 0 Å². The van der Waals surface area contributed by atoms with Crippen molar-refractivity contribution in [2.45, 2.75) is 0 Å². The average Bonchev–Trinajstić information content (AvgIpc) is 3.34. The zero-order valence-electron chi connectivity index (χ0n) is 14.3. The van der Waals surface area contributed by atoms with Gasteiger partial charge in [-0.3, -0.25) is 15.2 Å². The van der Waals surface area contributed by atoms with Crippen LogP contribution in [0.3, 0.4) is 0 Å². The van der Waals surface area contributed by atoms with E-state index in [1.807, 2.05) is 36.4 Å². The van der Waals surface area contributed by atoms with Gasteiger partial charge in [0.05, 0.1) is 22.4 Å². The van der Waals surface area contributed by atoms with Crippen LogP contribution in [0.2, 0.25) is 0 Å². The molecule has 0 aliphatic carbocycles. The lowest BCUT2D eigenvalue weighted by molar-refractivity contribution is -0.385. The normalized spacial score (nSPS) is 11.1. The molecule has 10 heteroatoms. The summed E-state index contributed by atoms with van der Waals surface area (Å²) in [5.41, 5.74) is 2.62. The summed E-state index contributed by atoms with van der Waals surface area (Å²) in [4.78, 5) is 10.7. The van der Waals surface area contributed by atoms with E-state index in [0.29, 0.717) is 17.1 Å². The second kappa shape index (κ2) is 7.37. The van der Waals surface area contributed by atoms with Gasteiger partial charge in [-0.15, -0.1) is 0 Å². The van der Waals surface area contributed by atoms with Crippen LogP contribution in [-0.2, 0) is 0 Å². The summed E-state index contributed by atoms with van der Waals surface area (Å²) in [6.07, 6.45) is 1.38. The van der Waals surface area contributed by atoms with E-state index in [0.717, 1.165) is 11.3 Å². The number of nitrogens with zero attached hydrogens (tertiary/aromatic N) is 5. The first kappa shape index (κ1) is 17.5. The van der Waals surface area contributed by atoms with Crippen molar-refractivity contribution in [3.05, 3.63) is 81.1 Å². The van der Waals surface area contributed by atoms with Crippen molar-refractivity contribution in [1.29, 1.82) is 0 Å². The molecule has 2 aromatic heterocycles. The molecule has 0 aliphatic rings. The maximum absolute atomic E-state index is 11.2. The maximum Gasteiger partial charge on any atom is 0.278 e. The topological polar surface area (TPSA) is 118 Å². The molecule has 28 heavy (non-hydrogen) atoms. The van der Waals surface area contributed by atoms with Crippen molar-refractivity contribution in [1.82, 2.24) is 25.1 Å². The molecule has 0 bridgehead atoms. The van der Waals surface area contributed by atoms with E-state index in [2.05, 4.69) is 25.5 Å². The van der Waals surface area contributed by atoms with E-state index in [9.17, 15) is 10.1 Å². The smallest absolute Gasteiger partial charge is 0.274 e. The van der Waals surface area contributed by atoms with Crippen molar-refractivity contribution >= 4 is 24.1 Å². The minimum atomic E-state index is -0.460. The van der Waals surface area contributed by atoms with Crippen LogP contribution in [0.1, 0.15) is 5.56 Å². The second-order valence-corrected chi connectivity index (χ2v) is 6.14. The summed E-state index contributed by atoms with van der Waals surface area (Å²) in [7, 11) is 0. The molecule has 0 saturated heterocycles. The molecule has 0 amide bonds. The highest BCUT2D eigenvalue weighted by molar-refractivity contribution is 7.71. The van der Waals surface area contributed by atoms with Crippen LogP contribution >= 0.6 is 12.2 Å². The molecule has 2 N–H and O–H groups in total. The lowest BCUT2D eigenvalue weighted by atomic mass is 10.1. The number of aromatic amines is 2.